The molecule has 2 atom stereocenters. The van der Waals surface area contributed by atoms with Gasteiger partial charge in [-0.25, -0.2) is 13.2 Å². The first-order chi connectivity index (χ1) is 11.1. The maximum Gasteiger partial charge on any atom is 0.407 e. The highest BCUT2D eigenvalue weighted by atomic mass is 32.2. The van der Waals surface area contributed by atoms with Crippen LogP contribution in [-0.4, -0.2) is 66.1 Å². The van der Waals surface area contributed by atoms with Gasteiger partial charge in [-0.1, -0.05) is 17.7 Å². The van der Waals surface area contributed by atoms with Gasteiger partial charge in [-0.05, 0) is 25.5 Å². The van der Waals surface area contributed by atoms with Gasteiger partial charge in [0.05, 0.1) is 10.8 Å². The fourth-order valence-electron chi connectivity index (χ4n) is 2.74. The molecule has 1 amide bonds. The van der Waals surface area contributed by atoms with E-state index in [9.17, 15) is 23.1 Å². The number of sulfonamides is 1. The normalized spacial score (nSPS) is 21.7. The van der Waals surface area contributed by atoms with Crippen molar-refractivity contribution < 1.29 is 28.2 Å². The second-order valence-corrected chi connectivity index (χ2v) is 7.94. The summed E-state index contributed by atoms with van der Waals surface area (Å²) in [5.74, 6) is -2.07. The molecule has 24 heavy (non-hydrogen) atoms. The molecule has 1 aromatic rings. The summed E-state index contributed by atoms with van der Waals surface area (Å²) >= 11 is 0. The molecule has 8 nitrogen and oxygen atoms in total. The largest absolute Gasteiger partial charge is 0.481 e. The number of likely N-dealkylation sites (tertiary alicyclic amines) is 1. The molecule has 0 saturated carbocycles. The van der Waals surface area contributed by atoms with E-state index in [-0.39, 0.29) is 24.4 Å². The van der Waals surface area contributed by atoms with Crippen LogP contribution in [-0.2, 0) is 14.8 Å². The lowest BCUT2D eigenvalue weighted by Gasteiger charge is -2.38. The Morgan fingerprint density at radius 2 is 1.75 bits per heavy atom. The lowest BCUT2D eigenvalue weighted by atomic mass is 9.95. The van der Waals surface area contributed by atoms with Crippen molar-refractivity contribution in [1.82, 2.24) is 9.21 Å². The van der Waals surface area contributed by atoms with Crippen molar-refractivity contribution in [2.75, 3.05) is 20.1 Å². The van der Waals surface area contributed by atoms with Crippen LogP contribution in [0.5, 0.6) is 0 Å². The number of carboxylic acids is 1. The first-order valence-corrected chi connectivity index (χ1v) is 8.82. The van der Waals surface area contributed by atoms with Crippen LogP contribution in [0.15, 0.2) is 29.2 Å². The highest BCUT2D eigenvalue weighted by Crippen LogP contribution is 2.25. The minimum atomic E-state index is -3.83. The second kappa shape index (κ2) is 6.78. The summed E-state index contributed by atoms with van der Waals surface area (Å²) in [6.07, 6.45) is -1.19. The van der Waals surface area contributed by atoms with Crippen LogP contribution in [0.25, 0.3) is 0 Å². The summed E-state index contributed by atoms with van der Waals surface area (Å²) in [5.41, 5.74) is 0.914. The highest BCUT2D eigenvalue weighted by molar-refractivity contribution is 7.89. The summed E-state index contributed by atoms with van der Waals surface area (Å²) in [7, 11) is -2.48. The Kier molecular flexibility index (Phi) is 5.14. The maximum absolute atomic E-state index is 12.7. The van der Waals surface area contributed by atoms with Crippen LogP contribution in [0.2, 0.25) is 0 Å². The standard InChI is InChI=1S/C15H20N2O6S/c1-10-3-5-13(6-4-10)24(22,23)16(2)12-7-11(14(18)19)8-17(9-12)15(20)21/h3-6,11-12H,7-9H2,1-2H3,(H,18,19)(H,20,21)/t11-,12+/m0/s1. The molecule has 0 aromatic heterocycles. The van der Waals surface area contributed by atoms with E-state index in [2.05, 4.69) is 0 Å². The molecule has 1 fully saturated rings. The van der Waals surface area contributed by atoms with Gasteiger partial charge in [-0.2, -0.15) is 4.31 Å². The molecular formula is C15H20N2O6S. The Labute approximate surface area is 140 Å². The number of carbonyl (C=O) groups is 2. The van der Waals surface area contributed by atoms with Gasteiger partial charge in [-0.3, -0.25) is 4.79 Å². The highest BCUT2D eigenvalue weighted by Gasteiger charge is 2.39. The number of nitrogens with zero attached hydrogens (tertiary/aromatic N) is 2. The number of aliphatic carboxylic acids is 1. The van der Waals surface area contributed by atoms with Gasteiger partial charge in [0, 0.05) is 26.2 Å². The number of carboxylic acid groups (broad SMARTS) is 2. The maximum atomic E-state index is 12.7. The Hall–Kier alpha value is -2.13. The number of benzene rings is 1. The minimum absolute atomic E-state index is 0.0549. The van der Waals surface area contributed by atoms with E-state index in [1.807, 2.05) is 6.92 Å². The SMILES string of the molecule is Cc1ccc(S(=O)(=O)N(C)[C@@H]2C[C@H](C(=O)O)CN(C(=O)O)C2)cc1. The Bertz CT molecular complexity index is 709. The van der Waals surface area contributed by atoms with E-state index in [0.29, 0.717) is 0 Å². The third-order valence-electron chi connectivity index (χ3n) is 4.26. The number of aryl methyl sites for hydroxylation is 1. The van der Waals surface area contributed by atoms with Crippen molar-refractivity contribution in [1.29, 1.82) is 0 Å². The monoisotopic (exact) mass is 356 g/mol. The summed E-state index contributed by atoms with van der Waals surface area (Å²) in [6.45, 7) is 1.64. The topological polar surface area (TPSA) is 115 Å². The van der Waals surface area contributed by atoms with Crippen LogP contribution in [0.1, 0.15) is 12.0 Å². The first-order valence-electron chi connectivity index (χ1n) is 7.38. The zero-order chi connectivity index (χ0) is 18.1. The van der Waals surface area contributed by atoms with E-state index in [0.717, 1.165) is 14.8 Å². The lowest BCUT2D eigenvalue weighted by Crippen LogP contribution is -2.54. The molecule has 0 unspecified atom stereocenters. The number of likely N-dealkylation sites (N-methyl/N-ethyl adjacent to an activating group) is 1. The van der Waals surface area contributed by atoms with E-state index in [1.54, 1.807) is 12.1 Å². The smallest absolute Gasteiger partial charge is 0.407 e. The summed E-state index contributed by atoms with van der Waals surface area (Å²) in [4.78, 5) is 23.5. The van der Waals surface area contributed by atoms with Crippen molar-refractivity contribution in [3.05, 3.63) is 29.8 Å². The lowest BCUT2D eigenvalue weighted by molar-refractivity contribution is -0.143. The molecule has 1 heterocycles. The number of piperidine rings is 1. The summed E-state index contributed by atoms with van der Waals surface area (Å²) in [5, 5.41) is 18.4. The molecule has 0 radical (unpaired) electrons. The molecule has 2 N–H and O–H groups in total. The fourth-order valence-corrected chi connectivity index (χ4v) is 4.10. The Morgan fingerprint density at radius 1 is 1.17 bits per heavy atom. The van der Waals surface area contributed by atoms with Gasteiger partial charge in [0.2, 0.25) is 10.0 Å². The quantitative estimate of drug-likeness (QED) is 0.834. The first kappa shape index (κ1) is 18.2. The average molecular weight is 356 g/mol. The zero-order valence-electron chi connectivity index (χ0n) is 13.4. The molecule has 2 rings (SSSR count). The molecule has 0 spiro atoms. The molecule has 1 aliphatic heterocycles. The number of hydrogen-bond acceptors (Lipinski definition) is 4. The van der Waals surface area contributed by atoms with Crippen LogP contribution in [0.3, 0.4) is 0 Å². The third-order valence-corrected chi connectivity index (χ3v) is 6.18. The van der Waals surface area contributed by atoms with Crippen molar-refractivity contribution >= 4 is 22.1 Å². The van der Waals surface area contributed by atoms with E-state index in [1.165, 1.54) is 19.2 Å². The molecule has 9 heteroatoms. The van der Waals surface area contributed by atoms with Crippen molar-refractivity contribution in [3.8, 4) is 0 Å². The van der Waals surface area contributed by atoms with Gasteiger partial charge >= 0.3 is 12.1 Å². The number of rotatable bonds is 4. The van der Waals surface area contributed by atoms with Gasteiger partial charge in [0.15, 0.2) is 0 Å². The summed E-state index contributed by atoms with van der Waals surface area (Å²) < 4.78 is 26.5. The minimum Gasteiger partial charge on any atom is -0.481 e. The van der Waals surface area contributed by atoms with Crippen LogP contribution in [0.4, 0.5) is 4.79 Å². The predicted molar refractivity (Wildman–Crippen MR) is 85.3 cm³/mol. The fraction of sp³-hybridized carbons (Fsp3) is 0.467. The molecule has 132 valence electrons. The predicted octanol–water partition coefficient (Wildman–Crippen LogP) is 1.07. The van der Waals surface area contributed by atoms with E-state index in [4.69, 9.17) is 5.11 Å². The third kappa shape index (κ3) is 3.68. The number of hydrogen-bond donors (Lipinski definition) is 2. The van der Waals surface area contributed by atoms with Gasteiger partial charge in [0.25, 0.3) is 0 Å². The van der Waals surface area contributed by atoms with Gasteiger partial charge in [0.1, 0.15) is 0 Å². The molecule has 0 aliphatic carbocycles. The molecule has 1 saturated heterocycles. The Balaban J connectivity index is 2.28. The molecule has 1 aliphatic rings. The van der Waals surface area contributed by atoms with E-state index >= 15 is 0 Å². The molecule has 1 aromatic carbocycles. The van der Waals surface area contributed by atoms with Crippen molar-refractivity contribution in [2.45, 2.75) is 24.3 Å². The summed E-state index contributed by atoms with van der Waals surface area (Å²) in [6, 6.07) is 5.57. The van der Waals surface area contributed by atoms with Crippen LogP contribution in [0, 0.1) is 12.8 Å². The molecular weight excluding hydrogens is 336 g/mol. The average Bonchev–Trinajstić information content (AvgIpc) is 2.53. The molecule has 0 bridgehead atoms. The van der Waals surface area contributed by atoms with Crippen molar-refractivity contribution in [2.24, 2.45) is 5.92 Å². The van der Waals surface area contributed by atoms with Crippen LogP contribution < -0.4 is 0 Å². The zero-order valence-corrected chi connectivity index (χ0v) is 14.2. The van der Waals surface area contributed by atoms with Gasteiger partial charge in [-0.15, -0.1) is 0 Å². The Morgan fingerprint density at radius 3 is 2.25 bits per heavy atom. The van der Waals surface area contributed by atoms with Gasteiger partial charge < -0.3 is 15.1 Å². The number of amides is 1. The van der Waals surface area contributed by atoms with Crippen molar-refractivity contribution in [3.63, 3.8) is 0 Å². The van der Waals surface area contributed by atoms with E-state index < -0.39 is 34.0 Å². The second-order valence-electron chi connectivity index (χ2n) is 5.95. The van der Waals surface area contributed by atoms with Crippen LogP contribution >= 0.6 is 0 Å².